The van der Waals surface area contributed by atoms with Crippen molar-refractivity contribution in [2.24, 2.45) is 0 Å². The van der Waals surface area contributed by atoms with Crippen LogP contribution in [0.2, 0.25) is 0 Å². The molecule has 90 valence electrons. The first-order valence-corrected chi connectivity index (χ1v) is 5.98. The third-order valence-electron chi connectivity index (χ3n) is 2.20. The summed E-state index contributed by atoms with van der Waals surface area (Å²) >= 11 is 1.20. The zero-order valence-electron chi connectivity index (χ0n) is 9.07. The van der Waals surface area contributed by atoms with Crippen LogP contribution in [0.25, 0.3) is 0 Å². The first-order chi connectivity index (χ1) is 8.25. The third kappa shape index (κ3) is 3.36. The molecule has 0 aliphatic heterocycles. The van der Waals surface area contributed by atoms with Gasteiger partial charge >= 0.3 is 5.00 Å². The molecule has 0 aliphatic rings. The predicted octanol–water partition coefficient (Wildman–Crippen LogP) is 1.64. The molecule has 0 atom stereocenters. The molecule has 6 nitrogen and oxygen atoms in total. The van der Waals surface area contributed by atoms with Crippen molar-refractivity contribution in [2.45, 2.75) is 13.1 Å². The van der Waals surface area contributed by atoms with Gasteiger partial charge in [-0.1, -0.05) is 11.3 Å². The van der Waals surface area contributed by atoms with Crippen LogP contribution < -0.4 is 5.32 Å². The zero-order chi connectivity index (χ0) is 12.1. The lowest BCUT2D eigenvalue weighted by Crippen LogP contribution is -2.19. The van der Waals surface area contributed by atoms with Gasteiger partial charge in [-0.3, -0.25) is 14.8 Å². The smallest absolute Gasteiger partial charge is 0.310 e. The first-order valence-electron chi connectivity index (χ1n) is 5.17. The van der Waals surface area contributed by atoms with Crippen LogP contribution in [0, 0.1) is 10.1 Å². The highest BCUT2D eigenvalue weighted by molar-refractivity contribution is 7.15. The molecule has 0 aromatic carbocycles. The van der Waals surface area contributed by atoms with Crippen molar-refractivity contribution in [3.63, 3.8) is 0 Å². The Morgan fingerprint density at radius 1 is 1.53 bits per heavy atom. The van der Waals surface area contributed by atoms with Gasteiger partial charge in [-0.05, 0) is 12.1 Å². The fraction of sp³-hybridized carbons (Fsp3) is 0.300. The van der Waals surface area contributed by atoms with E-state index < -0.39 is 0 Å². The lowest BCUT2D eigenvalue weighted by Gasteiger charge is -2.02. The van der Waals surface area contributed by atoms with E-state index in [0.29, 0.717) is 6.54 Å². The Bertz CT molecular complexity index is 480. The number of thiophene rings is 1. The second-order valence-electron chi connectivity index (χ2n) is 3.44. The Morgan fingerprint density at radius 3 is 3.06 bits per heavy atom. The van der Waals surface area contributed by atoms with Crippen molar-refractivity contribution >= 4 is 16.3 Å². The summed E-state index contributed by atoms with van der Waals surface area (Å²) in [5.74, 6) is 0. The predicted molar refractivity (Wildman–Crippen MR) is 64.9 cm³/mol. The van der Waals surface area contributed by atoms with Crippen LogP contribution in [-0.2, 0) is 13.1 Å². The maximum Gasteiger partial charge on any atom is 0.324 e. The van der Waals surface area contributed by atoms with Gasteiger partial charge in [-0.2, -0.15) is 5.10 Å². The second kappa shape index (κ2) is 5.55. The fourth-order valence-corrected chi connectivity index (χ4v) is 2.19. The van der Waals surface area contributed by atoms with Gasteiger partial charge in [-0.25, -0.2) is 0 Å². The van der Waals surface area contributed by atoms with E-state index in [4.69, 9.17) is 0 Å². The molecule has 0 radical (unpaired) electrons. The van der Waals surface area contributed by atoms with E-state index in [1.165, 1.54) is 17.4 Å². The maximum atomic E-state index is 10.5. The number of aromatic nitrogens is 2. The highest BCUT2D eigenvalue weighted by Gasteiger charge is 2.08. The number of nitrogens with one attached hydrogen (secondary N) is 1. The molecule has 7 heteroatoms. The number of hydrogen-bond acceptors (Lipinski definition) is 5. The second-order valence-corrected chi connectivity index (χ2v) is 4.59. The summed E-state index contributed by atoms with van der Waals surface area (Å²) in [6.07, 6.45) is 3.64. The number of nitro groups is 1. The molecule has 0 fully saturated rings. The van der Waals surface area contributed by atoms with E-state index in [9.17, 15) is 10.1 Å². The van der Waals surface area contributed by atoms with E-state index in [-0.39, 0.29) is 9.92 Å². The molecule has 2 aromatic heterocycles. The average Bonchev–Trinajstić information content (AvgIpc) is 2.96. The van der Waals surface area contributed by atoms with Crippen molar-refractivity contribution in [1.82, 2.24) is 15.1 Å². The summed E-state index contributed by atoms with van der Waals surface area (Å²) < 4.78 is 1.84. The Labute approximate surface area is 102 Å². The van der Waals surface area contributed by atoms with Crippen LogP contribution in [-0.4, -0.2) is 21.2 Å². The molecule has 17 heavy (non-hydrogen) atoms. The molecule has 0 amide bonds. The Balaban J connectivity index is 1.72. The van der Waals surface area contributed by atoms with Crippen LogP contribution in [0.4, 0.5) is 5.00 Å². The van der Waals surface area contributed by atoms with Gasteiger partial charge in [0.15, 0.2) is 0 Å². The average molecular weight is 252 g/mol. The van der Waals surface area contributed by atoms with E-state index in [2.05, 4.69) is 10.4 Å². The summed E-state index contributed by atoms with van der Waals surface area (Å²) in [6.45, 7) is 2.23. The van der Waals surface area contributed by atoms with Gasteiger partial charge < -0.3 is 5.32 Å². The molecule has 0 aliphatic carbocycles. The topological polar surface area (TPSA) is 73.0 Å². The van der Waals surface area contributed by atoms with Crippen LogP contribution in [0.1, 0.15) is 4.88 Å². The first kappa shape index (κ1) is 11.7. The molecular formula is C10H12N4O2S. The molecule has 0 unspecified atom stereocenters. The highest BCUT2D eigenvalue weighted by Crippen LogP contribution is 2.23. The van der Waals surface area contributed by atoms with Gasteiger partial charge in [0.05, 0.1) is 11.5 Å². The molecule has 2 heterocycles. The Morgan fingerprint density at radius 2 is 2.41 bits per heavy atom. The zero-order valence-corrected chi connectivity index (χ0v) is 9.89. The summed E-state index contributed by atoms with van der Waals surface area (Å²) in [4.78, 5) is 11.1. The minimum atomic E-state index is -0.363. The molecule has 0 spiro atoms. The highest BCUT2D eigenvalue weighted by atomic mass is 32.1. The SMILES string of the molecule is O=[N+]([O-])c1ccc(CNCCn2cccn2)s1. The molecule has 0 saturated heterocycles. The lowest BCUT2D eigenvalue weighted by atomic mass is 10.4. The molecule has 2 rings (SSSR count). The Hall–Kier alpha value is -1.73. The Kier molecular flexibility index (Phi) is 3.84. The largest absolute Gasteiger partial charge is 0.324 e. The van der Waals surface area contributed by atoms with E-state index >= 15 is 0 Å². The third-order valence-corrected chi connectivity index (χ3v) is 3.24. The van der Waals surface area contributed by atoms with Crippen LogP contribution in [0.5, 0.6) is 0 Å². The summed E-state index contributed by atoms with van der Waals surface area (Å²) in [6, 6.07) is 5.20. The minimum absolute atomic E-state index is 0.189. The number of rotatable bonds is 6. The van der Waals surface area contributed by atoms with Crippen molar-refractivity contribution in [2.75, 3.05) is 6.54 Å². The van der Waals surface area contributed by atoms with Crippen LogP contribution in [0.3, 0.4) is 0 Å². The van der Waals surface area contributed by atoms with Crippen molar-refractivity contribution < 1.29 is 4.92 Å². The van der Waals surface area contributed by atoms with Crippen molar-refractivity contribution in [3.05, 3.63) is 45.6 Å². The van der Waals surface area contributed by atoms with Gasteiger partial charge in [0.25, 0.3) is 0 Å². The number of hydrogen-bond donors (Lipinski definition) is 1. The van der Waals surface area contributed by atoms with Gasteiger partial charge in [0.1, 0.15) is 0 Å². The van der Waals surface area contributed by atoms with Crippen molar-refractivity contribution in [1.29, 1.82) is 0 Å². The van der Waals surface area contributed by atoms with E-state index in [0.717, 1.165) is 18.0 Å². The van der Waals surface area contributed by atoms with Gasteiger partial charge in [-0.15, -0.1) is 0 Å². The number of nitrogens with zero attached hydrogens (tertiary/aromatic N) is 3. The van der Waals surface area contributed by atoms with Gasteiger partial charge in [0.2, 0.25) is 0 Å². The molecule has 0 saturated carbocycles. The summed E-state index contributed by atoms with van der Waals surface area (Å²) in [7, 11) is 0. The normalized spacial score (nSPS) is 10.6. The van der Waals surface area contributed by atoms with E-state index in [1.54, 1.807) is 12.3 Å². The van der Waals surface area contributed by atoms with Crippen LogP contribution in [0.15, 0.2) is 30.6 Å². The molecule has 1 N–H and O–H groups in total. The summed E-state index contributed by atoms with van der Waals surface area (Å²) in [5.41, 5.74) is 0. The van der Waals surface area contributed by atoms with Gasteiger partial charge in [0, 0.05) is 36.4 Å². The van der Waals surface area contributed by atoms with Crippen molar-refractivity contribution in [3.8, 4) is 0 Å². The molecular weight excluding hydrogens is 240 g/mol. The maximum absolute atomic E-state index is 10.5. The molecule has 2 aromatic rings. The monoisotopic (exact) mass is 252 g/mol. The summed E-state index contributed by atoms with van der Waals surface area (Å²) in [5, 5.41) is 18.0. The quantitative estimate of drug-likeness (QED) is 0.482. The standard InChI is InChI=1S/C10H12N4O2S/c15-14(16)10-3-2-9(17-10)8-11-5-7-13-6-1-4-12-13/h1-4,6,11H,5,7-8H2. The molecule has 0 bridgehead atoms. The lowest BCUT2D eigenvalue weighted by molar-refractivity contribution is -0.380. The fourth-order valence-electron chi connectivity index (χ4n) is 1.40. The minimum Gasteiger partial charge on any atom is -0.310 e. The van der Waals surface area contributed by atoms with Crippen LogP contribution >= 0.6 is 11.3 Å². The van der Waals surface area contributed by atoms with E-state index in [1.807, 2.05) is 16.9 Å².